The molecule has 27 heavy (non-hydrogen) atoms. The van der Waals surface area contributed by atoms with Crippen LogP contribution in [0.5, 0.6) is 5.88 Å². The van der Waals surface area contributed by atoms with E-state index in [1.54, 1.807) is 18.2 Å². The average Bonchev–Trinajstić information content (AvgIpc) is 2.67. The van der Waals surface area contributed by atoms with Crippen molar-refractivity contribution < 1.29 is 14.3 Å². The maximum absolute atomic E-state index is 13.1. The molecule has 0 aliphatic carbocycles. The highest BCUT2D eigenvalue weighted by atomic mass is 16.5. The van der Waals surface area contributed by atoms with Crippen molar-refractivity contribution in [2.75, 3.05) is 13.7 Å². The fourth-order valence-electron chi connectivity index (χ4n) is 3.64. The van der Waals surface area contributed by atoms with E-state index in [-0.39, 0.29) is 24.3 Å². The molecule has 1 atom stereocenters. The van der Waals surface area contributed by atoms with Gasteiger partial charge < -0.3 is 15.4 Å². The van der Waals surface area contributed by atoms with Crippen molar-refractivity contribution in [1.29, 1.82) is 0 Å². The number of primary amides is 1. The van der Waals surface area contributed by atoms with Crippen molar-refractivity contribution in [2.24, 2.45) is 5.73 Å². The van der Waals surface area contributed by atoms with Crippen LogP contribution in [-0.2, 0) is 4.79 Å². The largest absolute Gasteiger partial charge is 0.481 e. The number of pyridine rings is 1. The number of aryl methyl sites for hydroxylation is 1. The van der Waals surface area contributed by atoms with E-state index in [0.717, 1.165) is 36.0 Å². The van der Waals surface area contributed by atoms with Crippen LogP contribution in [0.1, 0.15) is 41.6 Å². The zero-order chi connectivity index (χ0) is 19.4. The minimum atomic E-state index is -0.367. The normalized spacial score (nSPS) is 16.8. The molecule has 1 aromatic heterocycles. The molecule has 0 radical (unpaired) electrons. The summed E-state index contributed by atoms with van der Waals surface area (Å²) in [6.07, 6.45) is 4.75. The zero-order valence-corrected chi connectivity index (χ0v) is 15.8. The first-order valence-electron chi connectivity index (χ1n) is 9.20. The maximum Gasteiger partial charge on any atom is 0.254 e. The van der Waals surface area contributed by atoms with Gasteiger partial charge in [0.1, 0.15) is 0 Å². The van der Waals surface area contributed by atoms with Crippen LogP contribution in [0.4, 0.5) is 0 Å². The third-order valence-corrected chi connectivity index (χ3v) is 5.04. The standard InChI is InChI=1S/C21H25N3O3/c1-14-10-20(27-2)23-13-18(14)15-6-5-7-16(11-15)21(26)24-9-4-3-8-17(24)12-19(22)25/h5-7,10-11,13,17H,3-4,8-9,12H2,1-2H3,(H2,22,25)/t17-/m1/s1. The first-order valence-corrected chi connectivity index (χ1v) is 9.20. The molecule has 1 saturated heterocycles. The van der Waals surface area contributed by atoms with Crippen LogP contribution in [0.25, 0.3) is 11.1 Å². The third-order valence-electron chi connectivity index (χ3n) is 5.04. The first-order chi connectivity index (χ1) is 13.0. The van der Waals surface area contributed by atoms with E-state index in [1.807, 2.05) is 37.3 Å². The van der Waals surface area contributed by atoms with Gasteiger partial charge in [-0.1, -0.05) is 12.1 Å². The molecule has 0 bridgehead atoms. The summed E-state index contributed by atoms with van der Waals surface area (Å²) in [5.74, 6) is 0.140. The van der Waals surface area contributed by atoms with Crippen LogP contribution in [0.3, 0.4) is 0 Å². The van der Waals surface area contributed by atoms with Crippen molar-refractivity contribution in [3.63, 3.8) is 0 Å². The number of nitrogens with zero attached hydrogens (tertiary/aromatic N) is 2. The van der Waals surface area contributed by atoms with E-state index < -0.39 is 0 Å². The molecular weight excluding hydrogens is 342 g/mol. The number of benzene rings is 1. The summed E-state index contributed by atoms with van der Waals surface area (Å²) >= 11 is 0. The molecular formula is C21H25N3O3. The Bertz CT molecular complexity index is 850. The van der Waals surface area contributed by atoms with Gasteiger partial charge >= 0.3 is 0 Å². The van der Waals surface area contributed by atoms with Gasteiger partial charge in [0.05, 0.1) is 7.11 Å². The predicted octanol–water partition coefficient (Wildman–Crippen LogP) is 2.94. The molecule has 142 valence electrons. The number of nitrogens with two attached hydrogens (primary N) is 1. The summed E-state index contributed by atoms with van der Waals surface area (Å²) in [5.41, 5.74) is 8.89. The summed E-state index contributed by atoms with van der Waals surface area (Å²) in [7, 11) is 1.59. The van der Waals surface area contributed by atoms with Gasteiger partial charge in [0.15, 0.2) is 0 Å². The number of rotatable bonds is 5. The molecule has 3 rings (SSSR count). The lowest BCUT2D eigenvalue weighted by Gasteiger charge is -2.35. The fraction of sp³-hybridized carbons (Fsp3) is 0.381. The van der Waals surface area contributed by atoms with Gasteiger partial charge in [0, 0.05) is 42.4 Å². The highest BCUT2D eigenvalue weighted by Crippen LogP contribution is 2.27. The molecule has 1 fully saturated rings. The number of carbonyl (C=O) groups excluding carboxylic acids is 2. The van der Waals surface area contributed by atoms with Crippen LogP contribution in [0.2, 0.25) is 0 Å². The Morgan fingerprint density at radius 1 is 1.30 bits per heavy atom. The molecule has 1 aromatic carbocycles. The lowest BCUT2D eigenvalue weighted by molar-refractivity contribution is -0.119. The number of hydrogen-bond acceptors (Lipinski definition) is 4. The van der Waals surface area contributed by atoms with E-state index in [1.165, 1.54) is 0 Å². The number of carbonyl (C=O) groups is 2. The zero-order valence-electron chi connectivity index (χ0n) is 15.8. The molecule has 0 unspecified atom stereocenters. The third kappa shape index (κ3) is 4.27. The lowest BCUT2D eigenvalue weighted by Crippen LogP contribution is -2.45. The highest BCUT2D eigenvalue weighted by Gasteiger charge is 2.28. The number of ether oxygens (including phenoxy) is 1. The smallest absolute Gasteiger partial charge is 0.254 e. The van der Waals surface area contributed by atoms with Crippen LogP contribution in [-0.4, -0.2) is 41.4 Å². The molecule has 2 aromatic rings. The van der Waals surface area contributed by atoms with Gasteiger partial charge in [-0.2, -0.15) is 0 Å². The van der Waals surface area contributed by atoms with E-state index in [9.17, 15) is 9.59 Å². The van der Waals surface area contributed by atoms with Crippen LogP contribution >= 0.6 is 0 Å². The molecule has 1 aliphatic rings. The summed E-state index contributed by atoms with van der Waals surface area (Å²) in [4.78, 5) is 30.5. The predicted molar refractivity (Wildman–Crippen MR) is 103 cm³/mol. The number of amides is 2. The number of aromatic nitrogens is 1. The van der Waals surface area contributed by atoms with Gasteiger partial charge in [-0.15, -0.1) is 0 Å². The minimum absolute atomic E-state index is 0.0538. The second kappa shape index (κ2) is 8.20. The van der Waals surface area contributed by atoms with Crippen molar-refractivity contribution in [2.45, 2.75) is 38.6 Å². The Hall–Kier alpha value is -2.89. The second-order valence-electron chi connectivity index (χ2n) is 6.94. The van der Waals surface area contributed by atoms with E-state index in [4.69, 9.17) is 10.5 Å². The Balaban J connectivity index is 1.88. The van der Waals surface area contributed by atoms with Crippen molar-refractivity contribution >= 4 is 11.8 Å². The maximum atomic E-state index is 13.1. The molecule has 2 amide bonds. The molecule has 6 heteroatoms. The monoisotopic (exact) mass is 367 g/mol. The van der Waals surface area contributed by atoms with Gasteiger partial charge in [0.2, 0.25) is 11.8 Å². The summed E-state index contributed by atoms with van der Waals surface area (Å²) in [6, 6.07) is 9.29. The van der Waals surface area contributed by atoms with Gasteiger partial charge in [-0.05, 0) is 49.4 Å². The van der Waals surface area contributed by atoms with Crippen LogP contribution in [0.15, 0.2) is 36.5 Å². The van der Waals surface area contributed by atoms with Crippen LogP contribution in [0, 0.1) is 6.92 Å². The molecule has 1 aliphatic heterocycles. The first kappa shape index (κ1) is 18.9. The van der Waals surface area contributed by atoms with Gasteiger partial charge in [-0.25, -0.2) is 4.98 Å². The van der Waals surface area contributed by atoms with Gasteiger partial charge in [0.25, 0.3) is 5.91 Å². The highest BCUT2D eigenvalue weighted by molar-refractivity contribution is 5.96. The molecule has 2 N–H and O–H groups in total. The molecule has 2 heterocycles. The molecule has 0 saturated carbocycles. The molecule has 0 spiro atoms. The SMILES string of the molecule is COc1cc(C)c(-c2cccc(C(=O)N3CCCC[C@@H]3CC(N)=O)c2)cn1. The number of methoxy groups -OCH3 is 1. The van der Waals surface area contributed by atoms with Crippen molar-refractivity contribution in [1.82, 2.24) is 9.88 Å². The van der Waals surface area contributed by atoms with E-state index in [0.29, 0.717) is 18.0 Å². The Morgan fingerprint density at radius 2 is 2.11 bits per heavy atom. The summed E-state index contributed by atoms with van der Waals surface area (Å²) in [5, 5.41) is 0. The van der Waals surface area contributed by atoms with E-state index >= 15 is 0 Å². The lowest BCUT2D eigenvalue weighted by atomic mass is 9.96. The average molecular weight is 367 g/mol. The number of piperidine rings is 1. The Morgan fingerprint density at radius 3 is 2.81 bits per heavy atom. The minimum Gasteiger partial charge on any atom is -0.481 e. The number of likely N-dealkylation sites (tertiary alicyclic amines) is 1. The topological polar surface area (TPSA) is 85.5 Å². The summed E-state index contributed by atoms with van der Waals surface area (Å²) < 4.78 is 5.16. The van der Waals surface area contributed by atoms with Crippen molar-refractivity contribution in [3.8, 4) is 17.0 Å². The second-order valence-corrected chi connectivity index (χ2v) is 6.94. The number of hydrogen-bond donors (Lipinski definition) is 1. The van der Waals surface area contributed by atoms with Crippen LogP contribution < -0.4 is 10.5 Å². The van der Waals surface area contributed by atoms with Gasteiger partial charge in [-0.3, -0.25) is 9.59 Å². The molecule has 6 nitrogen and oxygen atoms in total. The Kier molecular flexibility index (Phi) is 5.74. The Labute approximate surface area is 159 Å². The van der Waals surface area contributed by atoms with Crippen molar-refractivity contribution in [3.05, 3.63) is 47.7 Å². The summed E-state index contributed by atoms with van der Waals surface area (Å²) in [6.45, 7) is 2.64. The quantitative estimate of drug-likeness (QED) is 0.880. The van der Waals surface area contributed by atoms with E-state index in [2.05, 4.69) is 4.98 Å². The fourth-order valence-corrected chi connectivity index (χ4v) is 3.64.